The maximum atomic E-state index is 11.0. The molecule has 0 amide bonds. The van der Waals surface area contributed by atoms with Crippen molar-refractivity contribution in [1.82, 2.24) is 5.32 Å². The molecule has 1 saturated heterocycles. The second-order valence-corrected chi connectivity index (χ2v) is 3.12. The molecule has 0 aromatic heterocycles. The monoisotopic (exact) mass is 219 g/mol. The van der Waals surface area contributed by atoms with E-state index in [-0.39, 0.29) is 18.4 Å². The SMILES string of the molecule is CCOC(=O)CC=C1CCNCC1.Cl. The fourth-order valence-corrected chi connectivity index (χ4v) is 1.40. The Labute approximate surface area is 91.3 Å². The molecule has 3 nitrogen and oxygen atoms in total. The van der Waals surface area contributed by atoms with Crippen LogP contribution in [0.3, 0.4) is 0 Å². The highest BCUT2D eigenvalue weighted by Crippen LogP contribution is 2.10. The molecule has 82 valence electrons. The number of ether oxygens (including phenoxy) is 1. The Balaban J connectivity index is 0.00000169. The number of halogens is 1. The van der Waals surface area contributed by atoms with Gasteiger partial charge >= 0.3 is 5.97 Å². The minimum Gasteiger partial charge on any atom is -0.466 e. The van der Waals surface area contributed by atoms with E-state index >= 15 is 0 Å². The lowest BCUT2D eigenvalue weighted by atomic mass is 10.0. The van der Waals surface area contributed by atoms with E-state index in [1.54, 1.807) is 0 Å². The third-order valence-corrected chi connectivity index (χ3v) is 2.11. The molecule has 0 radical (unpaired) electrons. The zero-order valence-corrected chi connectivity index (χ0v) is 9.36. The molecule has 1 N–H and O–H groups in total. The predicted octanol–water partition coefficient (Wildman–Crippen LogP) is 1.67. The fraction of sp³-hybridized carbons (Fsp3) is 0.700. The zero-order valence-electron chi connectivity index (χ0n) is 8.54. The van der Waals surface area contributed by atoms with Crippen molar-refractivity contribution in [2.75, 3.05) is 19.7 Å². The molecule has 0 bridgehead atoms. The largest absolute Gasteiger partial charge is 0.466 e. The van der Waals surface area contributed by atoms with Crippen LogP contribution in [0, 0.1) is 0 Å². The second kappa shape index (κ2) is 7.83. The van der Waals surface area contributed by atoms with Crippen molar-refractivity contribution >= 4 is 18.4 Å². The third-order valence-electron chi connectivity index (χ3n) is 2.11. The van der Waals surface area contributed by atoms with Crippen LogP contribution in [0.2, 0.25) is 0 Å². The van der Waals surface area contributed by atoms with Crippen molar-refractivity contribution in [3.8, 4) is 0 Å². The summed E-state index contributed by atoms with van der Waals surface area (Å²) in [4.78, 5) is 11.0. The molecule has 0 atom stereocenters. The average Bonchev–Trinajstić information content (AvgIpc) is 2.17. The van der Waals surface area contributed by atoms with Gasteiger partial charge in [-0.1, -0.05) is 11.6 Å². The van der Waals surface area contributed by atoms with Gasteiger partial charge in [-0.25, -0.2) is 0 Å². The maximum absolute atomic E-state index is 11.0. The summed E-state index contributed by atoms with van der Waals surface area (Å²) in [7, 11) is 0. The van der Waals surface area contributed by atoms with Crippen molar-refractivity contribution in [2.45, 2.75) is 26.2 Å². The second-order valence-electron chi connectivity index (χ2n) is 3.12. The number of hydrogen-bond donors (Lipinski definition) is 1. The van der Waals surface area contributed by atoms with Crippen LogP contribution in [0.25, 0.3) is 0 Å². The topological polar surface area (TPSA) is 38.3 Å². The molecule has 1 rings (SSSR count). The summed E-state index contributed by atoms with van der Waals surface area (Å²) in [5, 5.41) is 3.27. The first-order chi connectivity index (χ1) is 6.33. The first-order valence-corrected chi connectivity index (χ1v) is 4.87. The van der Waals surface area contributed by atoms with Crippen LogP contribution in [0.5, 0.6) is 0 Å². The molecule has 1 aliphatic heterocycles. The zero-order chi connectivity index (χ0) is 9.52. The van der Waals surface area contributed by atoms with Gasteiger partial charge in [-0.05, 0) is 32.9 Å². The van der Waals surface area contributed by atoms with Gasteiger partial charge in [0.1, 0.15) is 0 Å². The lowest BCUT2D eigenvalue weighted by Gasteiger charge is -2.14. The minimum atomic E-state index is -0.117. The van der Waals surface area contributed by atoms with Gasteiger partial charge in [0.15, 0.2) is 0 Å². The van der Waals surface area contributed by atoms with E-state index < -0.39 is 0 Å². The van der Waals surface area contributed by atoms with Crippen molar-refractivity contribution in [2.24, 2.45) is 0 Å². The van der Waals surface area contributed by atoms with Crippen molar-refractivity contribution in [3.05, 3.63) is 11.6 Å². The van der Waals surface area contributed by atoms with Crippen LogP contribution in [0.4, 0.5) is 0 Å². The van der Waals surface area contributed by atoms with Crippen molar-refractivity contribution < 1.29 is 9.53 Å². The number of carbonyl (C=O) groups excluding carboxylic acids is 1. The summed E-state index contributed by atoms with van der Waals surface area (Å²) in [6, 6.07) is 0. The van der Waals surface area contributed by atoms with E-state index in [0.717, 1.165) is 25.9 Å². The van der Waals surface area contributed by atoms with Gasteiger partial charge in [0.25, 0.3) is 0 Å². The number of hydrogen-bond acceptors (Lipinski definition) is 3. The number of carbonyl (C=O) groups is 1. The Morgan fingerprint density at radius 1 is 1.50 bits per heavy atom. The molecule has 0 unspecified atom stereocenters. The Kier molecular flexibility index (Phi) is 7.52. The fourth-order valence-electron chi connectivity index (χ4n) is 1.40. The van der Waals surface area contributed by atoms with E-state index in [9.17, 15) is 4.79 Å². The van der Waals surface area contributed by atoms with Gasteiger partial charge in [-0.15, -0.1) is 12.4 Å². The van der Waals surface area contributed by atoms with Crippen LogP contribution in [0.1, 0.15) is 26.2 Å². The van der Waals surface area contributed by atoms with E-state index in [2.05, 4.69) is 5.32 Å². The minimum absolute atomic E-state index is 0. The summed E-state index contributed by atoms with van der Waals surface area (Å²) in [6.45, 7) is 4.38. The molecule has 1 heterocycles. The van der Waals surface area contributed by atoms with E-state index in [0.29, 0.717) is 13.0 Å². The average molecular weight is 220 g/mol. The van der Waals surface area contributed by atoms with Crippen molar-refractivity contribution in [3.63, 3.8) is 0 Å². The Hall–Kier alpha value is -0.540. The van der Waals surface area contributed by atoms with Crippen molar-refractivity contribution in [1.29, 1.82) is 0 Å². The number of esters is 1. The smallest absolute Gasteiger partial charge is 0.309 e. The third kappa shape index (κ3) is 5.25. The summed E-state index contributed by atoms with van der Waals surface area (Å²) >= 11 is 0. The molecular formula is C10H18ClNO2. The van der Waals surface area contributed by atoms with E-state index in [1.807, 2.05) is 13.0 Å². The first-order valence-electron chi connectivity index (χ1n) is 4.87. The van der Waals surface area contributed by atoms with Gasteiger partial charge in [0, 0.05) is 0 Å². The maximum Gasteiger partial charge on any atom is 0.309 e. The normalized spacial score (nSPS) is 15.6. The molecule has 4 heteroatoms. The molecular weight excluding hydrogens is 202 g/mol. The Morgan fingerprint density at radius 2 is 2.14 bits per heavy atom. The summed E-state index contributed by atoms with van der Waals surface area (Å²) < 4.78 is 4.83. The number of piperidine rings is 1. The molecule has 0 spiro atoms. The van der Waals surface area contributed by atoms with Gasteiger partial charge in [-0.2, -0.15) is 0 Å². The Bertz CT molecular complexity index is 196. The van der Waals surface area contributed by atoms with Crippen LogP contribution in [-0.2, 0) is 9.53 Å². The summed E-state index contributed by atoms with van der Waals surface area (Å²) in [6.07, 6.45) is 4.58. The highest BCUT2D eigenvalue weighted by molar-refractivity contribution is 5.85. The number of nitrogens with one attached hydrogen (secondary N) is 1. The van der Waals surface area contributed by atoms with E-state index in [4.69, 9.17) is 4.74 Å². The highest BCUT2D eigenvalue weighted by Gasteiger charge is 2.05. The number of rotatable bonds is 3. The van der Waals surface area contributed by atoms with Crippen LogP contribution >= 0.6 is 12.4 Å². The first kappa shape index (κ1) is 13.5. The van der Waals surface area contributed by atoms with Crippen LogP contribution in [0.15, 0.2) is 11.6 Å². The molecule has 0 aromatic carbocycles. The summed E-state index contributed by atoms with van der Waals surface area (Å²) in [5.74, 6) is -0.117. The predicted molar refractivity (Wildman–Crippen MR) is 58.7 cm³/mol. The van der Waals surface area contributed by atoms with Crippen LogP contribution < -0.4 is 5.32 Å². The van der Waals surface area contributed by atoms with Gasteiger partial charge < -0.3 is 10.1 Å². The standard InChI is InChI=1S/C10H17NO2.ClH/c1-2-13-10(12)4-3-9-5-7-11-8-6-9;/h3,11H,2,4-8H2,1H3;1H. The Morgan fingerprint density at radius 3 is 2.71 bits per heavy atom. The van der Waals surface area contributed by atoms with Gasteiger partial charge in [0.05, 0.1) is 13.0 Å². The van der Waals surface area contributed by atoms with Gasteiger partial charge in [0.2, 0.25) is 0 Å². The van der Waals surface area contributed by atoms with E-state index in [1.165, 1.54) is 5.57 Å². The molecule has 0 saturated carbocycles. The summed E-state index contributed by atoms with van der Waals surface area (Å²) in [5.41, 5.74) is 1.38. The quantitative estimate of drug-likeness (QED) is 0.580. The van der Waals surface area contributed by atoms with Gasteiger partial charge in [-0.3, -0.25) is 4.79 Å². The molecule has 1 fully saturated rings. The van der Waals surface area contributed by atoms with Crippen LogP contribution in [-0.4, -0.2) is 25.7 Å². The highest BCUT2D eigenvalue weighted by atomic mass is 35.5. The lowest BCUT2D eigenvalue weighted by molar-refractivity contribution is -0.142. The lowest BCUT2D eigenvalue weighted by Crippen LogP contribution is -2.23. The molecule has 0 aromatic rings. The molecule has 1 aliphatic rings. The molecule has 14 heavy (non-hydrogen) atoms. The molecule has 0 aliphatic carbocycles.